The van der Waals surface area contributed by atoms with Gasteiger partial charge in [-0.15, -0.1) is 0 Å². The zero-order valence-corrected chi connectivity index (χ0v) is 15.3. The van der Waals surface area contributed by atoms with Gasteiger partial charge in [0.05, 0.1) is 12.0 Å². The Morgan fingerprint density at radius 1 is 1.07 bits per heavy atom. The molecule has 1 heterocycles. The number of methoxy groups -OCH3 is 1. The van der Waals surface area contributed by atoms with Crippen molar-refractivity contribution in [1.82, 2.24) is 0 Å². The summed E-state index contributed by atoms with van der Waals surface area (Å²) in [7, 11) is -2.61. The van der Waals surface area contributed by atoms with Crippen molar-refractivity contribution in [3.8, 4) is 0 Å². The first-order valence-corrected chi connectivity index (χ1v) is 9.29. The summed E-state index contributed by atoms with van der Waals surface area (Å²) >= 11 is 0. The van der Waals surface area contributed by atoms with Crippen molar-refractivity contribution in [3.63, 3.8) is 0 Å². The number of fused-ring (bicyclic) bond motifs is 1. The summed E-state index contributed by atoms with van der Waals surface area (Å²) in [4.78, 5) is 22.5. The largest absolute Gasteiger partial charge is 0.453 e. The molecule has 2 N–H and O–H groups in total. The third-order valence-electron chi connectivity index (χ3n) is 3.80. The average Bonchev–Trinajstić information content (AvgIpc) is 2.63. The van der Waals surface area contributed by atoms with Gasteiger partial charge in [0.1, 0.15) is 5.58 Å². The molecule has 27 heavy (non-hydrogen) atoms. The number of hydrogen-bond acceptors (Lipinski definition) is 6. The van der Waals surface area contributed by atoms with Crippen molar-refractivity contribution in [2.75, 3.05) is 17.1 Å². The summed E-state index contributed by atoms with van der Waals surface area (Å²) in [6, 6.07) is 11.7. The van der Waals surface area contributed by atoms with Gasteiger partial charge in [-0.1, -0.05) is 0 Å². The number of anilines is 2. The van der Waals surface area contributed by atoms with Gasteiger partial charge in [0.15, 0.2) is 0 Å². The molecule has 0 radical (unpaired) electrons. The summed E-state index contributed by atoms with van der Waals surface area (Å²) in [5, 5.41) is 3.09. The number of nitrogens with one attached hydrogen (secondary N) is 2. The molecular weight excluding hydrogens is 372 g/mol. The van der Waals surface area contributed by atoms with E-state index in [1.807, 2.05) is 0 Å². The summed E-state index contributed by atoms with van der Waals surface area (Å²) in [6.45, 7) is 1.67. The Morgan fingerprint density at radius 2 is 1.85 bits per heavy atom. The number of carbonyl (C=O) groups excluding carboxylic acids is 1. The van der Waals surface area contributed by atoms with Gasteiger partial charge in [-0.25, -0.2) is 18.0 Å². The van der Waals surface area contributed by atoms with Crippen LogP contribution in [0.3, 0.4) is 0 Å². The van der Waals surface area contributed by atoms with E-state index in [2.05, 4.69) is 14.8 Å². The second-order valence-corrected chi connectivity index (χ2v) is 7.39. The summed E-state index contributed by atoms with van der Waals surface area (Å²) in [5.74, 6) is 0. The second kappa shape index (κ2) is 7.12. The molecule has 3 rings (SSSR count). The Balaban J connectivity index is 1.88. The molecule has 2 aromatic carbocycles. The smallest absolute Gasteiger partial charge is 0.411 e. The summed E-state index contributed by atoms with van der Waals surface area (Å²) in [6.07, 6.45) is -0.644. The van der Waals surface area contributed by atoms with E-state index in [9.17, 15) is 18.0 Å². The van der Waals surface area contributed by atoms with E-state index in [-0.39, 0.29) is 4.90 Å². The van der Waals surface area contributed by atoms with Crippen molar-refractivity contribution >= 4 is 38.5 Å². The number of carbonyl (C=O) groups is 1. The predicted octanol–water partition coefficient (Wildman–Crippen LogP) is 3.08. The molecule has 0 aliphatic rings. The lowest BCUT2D eigenvalue weighted by Gasteiger charge is -2.12. The molecule has 3 aromatic rings. The molecule has 0 bridgehead atoms. The highest BCUT2D eigenvalue weighted by Crippen LogP contribution is 2.24. The second-order valence-electron chi connectivity index (χ2n) is 5.71. The normalized spacial score (nSPS) is 11.2. The molecule has 1 amide bonds. The lowest BCUT2D eigenvalue weighted by molar-refractivity contribution is 0.187. The van der Waals surface area contributed by atoms with Gasteiger partial charge in [0.25, 0.3) is 10.0 Å². The highest BCUT2D eigenvalue weighted by Gasteiger charge is 2.16. The fraction of sp³-hybridized carbons (Fsp3) is 0.111. The van der Waals surface area contributed by atoms with E-state index in [4.69, 9.17) is 4.42 Å². The van der Waals surface area contributed by atoms with Gasteiger partial charge < -0.3 is 9.15 Å². The van der Waals surface area contributed by atoms with Crippen LogP contribution in [0.1, 0.15) is 5.56 Å². The number of ether oxygens (including phenoxy) is 1. The zero-order valence-electron chi connectivity index (χ0n) is 14.5. The molecule has 0 aliphatic heterocycles. The van der Waals surface area contributed by atoms with E-state index in [1.54, 1.807) is 19.1 Å². The van der Waals surface area contributed by atoms with E-state index >= 15 is 0 Å². The molecule has 0 atom stereocenters. The maximum Gasteiger partial charge on any atom is 0.411 e. The molecule has 0 aliphatic carbocycles. The van der Waals surface area contributed by atoms with Gasteiger partial charge in [-0.05, 0) is 55.0 Å². The maximum atomic E-state index is 12.6. The van der Waals surface area contributed by atoms with Gasteiger partial charge >= 0.3 is 11.7 Å². The standard InChI is InChI=1S/C18H16N2O6S/c1-11-9-14(5-6-15(11)19-18(22)25-2)27(23,24)20-13-4-7-16-12(10-13)3-8-17(21)26-16/h3-10,20H,1-2H3,(H,19,22). The molecule has 0 fully saturated rings. The first kappa shape index (κ1) is 18.5. The van der Waals surface area contributed by atoms with Gasteiger partial charge in [0.2, 0.25) is 0 Å². The monoisotopic (exact) mass is 388 g/mol. The van der Waals surface area contributed by atoms with Crippen molar-refractivity contribution in [1.29, 1.82) is 0 Å². The van der Waals surface area contributed by atoms with Crippen molar-refractivity contribution in [2.45, 2.75) is 11.8 Å². The fourth-order valence-corrected chi connectivity index (χ4v) is 3.59. The molecular formula is C18H16N2O6S. The van der Waals surface area contributed by atoms with Crippen molar-refractivity contribution < 1.29 is 22.4 Å². The van der Waals surface area contributed by atoms with Crippen LogP contribution in [0.25, 0.3) is 11.0 Å². The van der Waals surface area contributed by atoms with Crippen LogP contribution >= 0.6 is 0 Å². The Labute approximate surface area is 154 Å². The number of rotatable bonds is 4. The lowest BCUT2D eigenvalue weighted by atomic mass is 10.2. The minimum atomic E-state index is -3.85. The summed E-state index contributed by atoms with van der Waals surface area (Å²) < 4.78 is 37.3. The highest BCUT2D eigenvalue weighted by molar-refractivity contribution is 7.92. The molecule has 0 unspecified atom stereocenters. The fourth-order valence-electron chi connectivity index (χ4n) is 2.45. The van der Waals surface area contributed by atoms with Crippen LogP contribution in [0.2, 0.25) is 0 Å². The Morgan fingerprint density at radius 3 is 2.56 bits per heavy atom. The number of sulfonamides is 1. The SMILES string of the molecule is COC(=O)Nc1ccc(S(=O)(=O)Nc2ccc3oc(=O)ccc3c2)cc1C. The molecule has 140 valence electrons. The molecule has 1 aromatic heterocycles. The molecule has 0 spiro atoms. The average molecular weight is 388 g/mol. The van der Waals surface area contributed by atoms with Crippen LogP contribution < -0.4 is 15.7 Å². The van der Waals surface area contributed by atoms with Crippen LogP contribution in [0.5, 0.6) is 0 Å². The van der Waals surface area contributed by atoms with E-state index in [1.165, 1.54) is 43.5 Å². The number of amides is 1. The van der Waals surface area contributed by atoms with Crippen LogP contribution in [-0.2, 0) is 14.8 Å². The number of hydrogen-bond donors (Lipinski definition) is 2. The number of aryl methyl sites for hydroxylation is 1. The Bertz CT molecular complexity index is 1180. The van der Waals surface area contributed by atoms with Crippen LogP contribution in [-0.4, -0.2) is 21.6 Å². The predicted molar refractivity (Wildman–Crippen MR) is 100 cm³/mol. The Hall–Kier alpha value is -3.33. The minimum absolute atomic E-state index is 0.0371. The molecule has 9 heteroatoms. The van der Waals surface area contributed by atoms with Crippen LogP contribution in [0.4, 0.5) is 16.2 Å². The summed E-state index contributed by atoms with van der Waals surface area (Å²) in [5.41, 5.74) is 1.21. The number of benzene rings is 2. The molecule has 0 saturated heterocycles. The third-order valence-corrected chi connectivity index (χ3v) is 5.18. The van der Waals surface area contributed by atoms with E-state index in [0.717, 1.165) is 0 Å². The topological polar surface area (TPSA) is 115 Å². The van der Waals surface area contributed by atoms with Gasteiger partial charge in [-0.3, -0.25) is 10.0 Å². The first-order valence-electron chi connectivity index (χ1n) is 7.81. The van der Waals surface area contributed by atoms with Crippen molar-refractivity contribution in [3.05, 3.63) is 64.5 Å². The van der Waals surface area contributed by atoms with E-state index in [0.29, 0.717) is 27.9 Å². The quantitative estimate of drug-likeness (QED) is 0.664. The molecule has 8 nitrogen and oxygen atoms in total. The van der Waals surface area contributed by atoms with E-state index < -0.39 is 21.7 Å². The minimum Gasteiger partial charge on any atom is -0.453 e. The Kier molecular flexibility index (Phi) is 4.87. The van der Waals surface area contributed by atoms with Crippen molar-refractivity contribution in [2.24, 2.45) is 0 Å². The van der Waals surface area contributed by atoms with Crippen LogP contribution in [0.15, 0.2) is 62.6 Å². The third kappa shape index (κ3) is 4.09. The van der Waals surface area contributed by atoms with Crippen LogP contribution in [0, 0.1) is 6.92 Å². The highest BCUT2D eigenvalue weighted by atomic mass is 32.2. The lowest BCUT2D eigenvalue weighted by Crippen LogP contribution is -2.15. The zero-order chi connectivity index (χ0) is 19.6. The maximum absolute atomic E-state index is 12.6. The van der Waals surface area contributed by atoms with Gasteiger partial charge in [0, 0.05) is 22.8 Å². The first-order chi connectivity index (χ1) is 12.8. The molecule has 0 saturated carbocycles. The van der Waals surface area contributed by atoms with Gasteiger partial charge in [-0.2, -0.15) is 0 Å².